The van der Waals surface area contributed by atoms with Gasteiger partial charge in [0.05, 0.1) is 15.5 Å². The van der Waals surface area contributed by atoms with Gasteiger partial charge in [0, 0.05) is 5.02 Å². The summed E-state index contributed by atoms with van der Waals surface area (Å²) >= 11 is 15.2. The van der Waals surface area contributed by atoms with Crippen molar-refractivity contribution in [2.75, 3.05) is 5.32 Å². The zero-order valence-electron chi connectivity index (χ0n) is 11.1. The van der Waals surface area contributed by atoms with Gasteiger partial charge in [0.1, 0.15) is 5.75 Å². The molecule has 6 heteroatoms. The van der Waals surface area contributed by atoms with Gasteiger partial charge in [-0.1, -0.05) is 51.3 Å². The molecule has 0 aliphatic rings. The van der Waals surface area contributed by atoms with E-state index in [1.807, 2.05) is 12.1 Å². The Balaban J connectivity index is 2.26. The van der Waals surface area contributed by atoms with Crippen LogP contribution in [0.15, 0.2) is 42.5 Å². The maximum Gasteiger partial charge on any atom is 0.237 e. The predicted molar refractivity (Wildman–Crippen MR) is 90.0 cm³/mol. The number of carbonyl (C=O) groups excluding carboxylic acids is 1. The molecule has 2 aromatic carbocycles. The largest absolute Gasteiger partial charge is 0.454 e. The first-order valence-electron chi connectivity index (χ1n) is 6.14. The van der Waals surface area contributed by atoms with Crippen LogP contribution in [0.3, 0.4) is 0 Å². The molecule has 0 heterocycles. The van der Waals surface area contributed by atoms with Crippen LogP contribution in [0.1, 0.15) is 6.92 Å². The minimum absolute atomic E-state index is 0.159. The maximum atomic E-state index is 11.8. The van der Waals surface area contributed by atoms with Gasteiger partial charge in [-0.05, 0) is 37.3 Å². The number of anilines is 1. The lowest BCUT2D eigenvalue weighted by Crippen LogP contribution is -2.20. The number of hydrogen-bond donors (Lipinski definition) is 1. The monoisotopic (exact) mass is 387 g/mol. The van der Waals surface area contributed by atoms with Crippen molar-refractivity contribution in [3.8, 4) is 11.5 Å². The van der Waals surface area contributed by atoms with Gasteiger partial charge in [-0.15, -0.1) is 0 Å². The lowest BCUT2D eigenvalue weighted by atomic mass is 10.2. The molecule has 0 unspecified atom stereocenters. The van der Waals surface area contributed by atoms with Crippen molar-refractivity contribution in [3.63, 3.8) is 0 Å². The first kappa shape index (κ1) is 16.1. The van der Waals surface area contributed by atoms with E-state index in [1.165, 1.54) is 0 Å². The van der Waals surface area contributed by atoms with Crippen LogP contribution in [0, 0.1) is 0 Å². The van der Waals surface area contributed by atoms with Crippen molar-refractivity contribution in [2.45, 2.75) is 11.8 Å². The summed E-state index contributed by atoms with van der Waals surface area (Å²) in [6.45, 7) is 1.74. The Morgan fingerprint density at radius 3 is 2.57 bits per heavy atom. The van der Waals surface area contributed by atoms with Crippen molar-refractivity contribution in [1.82, 2.24) is 0 Å². The molecule has 0 aliphatic heterocycles. The Labute approximate surface area is 141 Å². The number of nitrogens with one attached hydrogen (secondary N) is 1. The van der Waals surface area contributed by atoms with E-state index in [0.717, 1.165) is 0 Å². The van der Waals surface area contributed by atoms with Gasteiger partial charge in [-0.3, -0.25) is 4.79 Å². The van der Waals surface area contributed by atoms with E-state index in [-0.39, 0.29) is 10.7 Å². The molecule has 0 saturated carbocycles. The molecular weight excluding hydrogens is 377 g/mol. The van der Waals surface area contributed by atoms with Crippen molar-refractivity contribution >= 4 is 50.7 Å². The molecular formula is C15H12BrCl2NO2. The normalized spacial score (nSPS) is 11.8. The third kappa shape index (κ3) is 4.37. The molecule has 1 atom stereocenters. The van der Waals surface area contributed by atoms with E-state index in [2.05, 4.69) is 21.2 Å². The van der Waals surface area contributed by atoms with Gasteiger partial charge in [0.15, 0.2) is 5.75 Å². The molecule has 0 aromatic heterocycles. The van der Waals surface area contributed by atoms with Crippen molar-refractivity contribution in [1.29, 1.82) is 0 Å². The number of carbonyl (C=O) groups is 1. The third-order valence-corrected chi connectivity index (χ3v) is 3.57. The second-order valence-electron chi connectivity index (χ2n) is 4.28. The summed E-state index contributed by atoms with van der Waals surface area (Å²) in [6.07, 6.45) is 0. The molecule has 0 spiro atoms. The molecule has 3 nitrogen and oxygen atoms in total. The fourth-order valence-corrected chi connectivity index (χ4v) is 2.13. The van der Waals surface area contributed by atoms with E-state index >= 15 is 0 Å². The Kier molecular flexibility index (Phi) is 5.51. The van der Waals surface area contributed by atoms with Crippen LogP contribution < -0.4 is 10.1 Å². The SMILES string of the molecule is C[C@H](Br)C(=O)Nc1ccccc1Oc1ccc(Cl)cc1Cl. The fourth-order valence-electron chi connectivity index (χ4n) is 1.57. The molecule has 0 aliphatic carbocycles. The molecule has 21 heavy (non-hydrogen) atoms. The van der Waals surface area contributed by atoms with E-state index in [0.29, 0.717) is 27.2 Å². The van der Waals surface area contributed by atoms with Gasteiger partial charge < -0.3 is 10.1 Å². The molecule has 2 rings (SSSR count). The van der Waals surface area contributed by atoms with Crippen LogP contribution in [0.25, 0.3) is 0 Å². The van der Waals surface area contributed by atoms with E-state index in [1.54, 1.807) is 37.3 Å². The minimum Gasteiger partial charge on any atom is -0.454 e. The number of benzene rings is 2. The number of amides is 1. The number of para-hydroxylation sites is 2. The van der Waals surface area contributed by atoms with Crippen LogP contribution in [0.2, 0.25) is 10.0 Å². The van der Waals surface area contributed by atoms with E-state index in [9.17, 15) is 4.79 Å². The Bertz CT molecular complexity index is 662. The predicted octanol–water partition coefficient (Wildman–Crippen LogP) is 5.51. The number of ether oxygens (including phenoxy) is 1. The second kappa shape index (κ2) is 7.16. The zero-order chi connectivity index (χ0) is 15.4. The van der Waals surface area contributed by atoms with Crippen LogP contribution in [0.5, 0.6) is 11.5 Å². The Hall–Kier alpha value is -1.23. The number of alkyl halides is 1. The highest BCUT2D eigenvalue weighted by molar-refractivity contribution is 9.10. The van der Waals surface area contributed by atoms with Crippen LogP contribution in [-0.4, -0.2) is 10.7 Å². The second-order valence-corrected chi connectivity index (χ2v) is 6.50. The Morgan fingerprint density at radius 1 is 1.19 bits per heavy atom. The average Bonchev–Trinajstić information content (AvgIpc) is 2.43. The van der Waals surface area contributed by atoms with Crippen LogP contribution in [0.4, 0.5) is 5.69 Å². The van der Waals surface area contributed by atoms with Crippen molar-refractivity contribution < 1.29 is 9.53 Å². The van der Waals surface area contributed by atoms with Crippen molar-refractivity contribution in [3.05, 3.63) is 52.5 Å². The highest BCUT2D eigenvalue weighted by Gasteiger charge is 2.13. The summed E-state index contributed by atoms with van der Waals surface area (Å²) in [4.78, 5) is 11.5. The number of hydrogen-bond acceptors (Lipinski definition) is 2. The van der Waals surface area contributed by atoms with Crippen LogP contribution in [-0.2, 0) is 4.79 Å². The summed E-state index contributed by atoms with van der Waals surface area (Å²) in [7, 11) is 0. The molecule has 0 fully saturated rings. The lowest BCUT2D eigenvalue weighted by Gasteiger charge is -2.13. The standard InChI is InChI=1S/C15H12BrCl2NO2/c1-9(16)15(20)19-12-4-2-3-5-14(12)21-13-7-6-10(17)8-11(13)18/h2-9H,1H3,(H,19,20)/t9-/m0/s1. The van der Waals surface area contributed by atoms with Crippen molar-refractivity contribution in [2.24, 2.45) is 0 Å². The van der Waals surface area contributed by atoms with E-state index < -0.39 is 0 Å². The highest BCUT2D eigenvalue weighted by Crippen LogP contribution is 2.35. The van der Waals surface area contributed by atoms with Gasteiger partial charge in [0.2, 0.25) is 5.91 Å². The maximum absolute atomic E-state index is 11.8. The molecule has 2 aromatic rings. The molecule has 1 N–H and O–H groups in total. The smallest absolute Gasteiger partial charge is 0.237 e. The van der Waals surface area contributed by atoms with Gasteiger partial charge in [0.25, 0.3) is 0 Å². The summed E-state index contributed by atoms with van der Waals surface area (Å²) in [5, 5.41) is 3.71. The molecule has 1 amide bonds. The lowest BCUT2D eigenvalue weighted by molar-refractivity contribution is -0.115. The van der Waals surface area contributed by atoms with Gasteiger partial charge in [-0.25, -0.2) is 0 Å². The minimum atomic E-state index is -0.301. The molecule has 0 bridgehead atoms. The first-order valence-corrected chi connectivity index (χ1v) is 7.81. The first-order chi connectivity index (χ1) is 9.97. The summed E-state index contributed by atoms with van der Waals surface area (Å²) in [5.41, 5.74) is 0.569. The topological polar surface area (TPSA) is 38.3 Å². The highest BCUT2D eigenvalue weighted by atomic mass is 79.9. The third-order valence-electron chi connectivity index (χ3n) is 2.62. The van der Waals surface area contributed by atoms with Gasteiger partial charge >= 0.3 is 0 Å². The molecule has 110 valence electrons. The fraction of sp³-hybridized carbons (Fsp3) is 0.133. The zero-order valence-corrected chi connectivity index (χ0v) is 14.2. The van der Waals surface area contributed by atoms with E-state index in [4.69, 9.17) is 27.9 Å². The summed E-state index contributed by atoms with van der Waals surface area (Å²) in [6, 6.07) is 12.1. The average molecular weight is 389 g/mol. The molecule has 0 radical (unpaired) electrons. The summed E-state index contributed by atoms with van der Waals surface area (Å²) in [5.74, 6) is 0.811. The number of halogens is 3. The molecule has 0 saturated heterocycles. The summed E-state index contributed by atoms with van der Waals surface area (Å²) < 4.78 is 5.76. The Morgan fingerprint density at radius 2 is 1.90 bits per heavy atom. The van der Waals surface area contributed by atoms with Gasteiger partial charge in [-0.2, -0.15) is 0 Å². The quantitative estimate of drug-likeness (QED) is 0.701. The van der Waals surface area contributed by atoms with Crippen LogP contribution >= 0.6 is 39.1 Å². The number of rotatable bonds is 4.